The van der Waals surface area contributed by atoms with Gasteiger partial charge in [0.05, 0.1) is 0 Å². The smallest absolute Gasteiger partial charge is 0.112 e. The van der Waals surface area contributed by atoms with E-state index >= 15 is 0 Å². The van der Waals surface area contributed by atoms with Gasteiger partial charge in [-0.2, -0.15) is 0 Å². The van der Waals surface area contributed by atoms with Gasteiger partial charge in [-0.3, -0.25) is 4.40 Å². The average molecular weight is 180 g/mol. The Morgan fingerprint density at radius 2 is 2.33 bits per heavy atom. The van der Waals surface area contributed by atoms with Crippen LogP contribution in [-0.2, 0) is 6.42 Å². The maximum absolute atomic E-state index is 5.96. The summed E-state index contributed by atoms with van der Waals surface area (Å²) in [6.07, 6.45) is 1.01. The molecule has 2 N–H and O–H groups in total. The Kier molecular flexibility index (Phi) is 1.61. The number of thiazole rings is 1. The second-order valence-corrected chi connectivity index (χ2v) is 3.85. The van der Waals surface area contributed by atoms with Crippen LogP contribution in [0.3, 0.4) is 0 Å². The lowest BCUT2D eigenvalue weighted by atomic mass is 10.2. The standard InChI is InChI=1S/C9H12N2S/c1-3-7-4-8-11(9(7)10)6(2)5-12-8/h4-5H,3,10H2,1-2H3. The number of nitrogens with two attached hydrogens (primary N) is 1. The van der Waals surface area contributed by atoms with Crippen molar-refractivity contribution < 1.29 is 0 Å². The molecule has 12 heavy (non-hydrogen) atoms. The monoisotopic (exact) mass is 180 g/mol. The fraction of sp³-hybridized carbons (Fsp3) is 0.333. The number of aromatic nitrogens is 1. The van der Waals surface area contributed by atoms with Crippen LogP contribution in [-0.4, -0.2) is 4.40 Å². The van der Waals surface area contributed by atoms with Gasteiger partial charge in [-0.15, -0.1) is 11.3 Å². The van der Waals surface area contributed by atoms with E-state index in [2.05, 4.69) is 29.7 Å². The molecule has 64 valence electrons. The second kappa shape index (κ2) is 2.52. The van der Waals surface area contributed by atoms with E-state index in [-0.39, 0.29) is 0 Å². The van der Waals surface area contributed by atoms with Crippen molar-refractivity contribution in [3.8, 4) is 0 Å². The normalized spacial score (nSPS) is 11.2. The van der Waals surface area contributed by atoms with Crippen molar-refractivity contribution >= 4 is 22.0 Å². The largest absolute Gasteiger partial charge is 0.385 e. The van der Waals surface area contributed by atoms with Crippen LogP contribution in [0.25, 0.3) is 4.83 Å². The molecule has 0 saturated heterocycles. The van der Waals surface area contributed by atoms with Crippen molar-refractivity contribution in [2.45, 2.75) is 20.3 Å². The van der Waals surface area contributed by atoms with E-state index in [1.165, 1.54) is 16.1 Å². The Morgan fingerprint density at radius 3 is 2.92 bits per heavy atom. The minimum atomic E-state index is 0.909. The molecule has 2 rings (SSSR count). The summed E-state index contributed by atoms with van der Waals surface area (Å²) in [5, 5.41) is 2.13. The molecular weight excluding hydrogens is 168 g/mol. The molecule has 2 aromatic heterocycles. The first-order chi connectivity index (χ1) is 5.74. The molecular formula is C9H12N2S. The van der Waals surface area contributed by atoms with Gasteiger partial charge in [0.15, 0.2) is 0 Å². The summed E-state index contributed by atoms with van der Waals surface area (Å²) in [5.74, 6) is 0.909. The molecule has 0 bridgehead atoms. The number of aryl methyl sites for hydroxylation is 2. The third kappa shape index (κ3) is 0.862. The Bertz CT molecular complexity index is 411. The summed E-state index contributed by atoms with van der Waals surface area (Å²) < 4.78 is 2.11. The first-order valence-electron chi connectivity index (χ1n) is 4.08. The van der Waals surface area contributed by atoms with Gasteiger partial charge >= 0.3 is 0 Å². The number of fused-ring (bicyclic) bond motifs is 1. The summed E-state index contributed by atoms with van der Waals surface area (Å²) in [5.41, 5.74) is 8.45. The van der Waals surface area contributed by atoms with Crippen molar-refractivity contribution in [1.82, 2.24) is 4.40 Å². The van der Waals surface area contributed by atoms with Crippen LogP contribution < -0.4 is 5.73 Å². The van der Waals surface area contributed by atoms with Gasteiger partial charge in [0.1, 0.15) is 10.6 Å². The minimum Gasteiger partial charge on any atom is -0.385 e. The molecule has 0 radical (unpaired) electrons. The third-order valence-corrected chi connectivity index (χ3v) is 3.17. The molecule has 0 aliphatic heterocycles. The second-order valence-electron chi connectivity index (χ2n) is 2.96. The number of rotatable bonds is 1. The molecule has 0 atom stereocenters. The molecule has 0 aliphatic carbocycles. The first kappa shape index (κ1) is 7.68. The summed E-state index contributed by atoms with van der Waals surface area (Å²) >= 11 is 1.75. The Balaban J connectivity index is 2.80. The van der Waals surface area contributed by atoms with Crippen molar-refractivity contribution in [2.24, 2.45) is 0 Å². The molecule has 0 unspecified atom stereocenters. The SMILES string of the molecule is CCc1cc2scc(C)n2c1N. The maximum Gasteiger partial charge on any atom is 0.112 e. The lowest BCUT2D eigenvalue weighted by Gasteiger charge is -1.96. The molecule has 0 aliphatic rings. The van der Waals surface area contributed by atoms with Crippen LogP contribution in [0.2, 0.25) is 0 Å². The van der Waals surface area contributed by atoms with E-state index in [4.69, 9.17) is 5.73 Å². The average Bonchev–Trinajstić information content (AvgIpc) is 2.55. The molecule has 0 aromatic carbocycles. The van der Waals surface area contributed by atoms with Gasteiger partial charge in [-0.05, 0) is 25.0 Å². The van der Waals surface area contributed by atoms with Gasteiger partial charge in [-0.1, -0.05) is 6.92 Å². The summed E-state index contributed by atoms with van der Waals surface area (Å²) in [4.78, 5) is 1.25. The topological polar surface area (TPSA) is 30.4 Å². The van der Waals surface area contributed by atoms with Gasteiger partial charge in [-0.25, -0.2) is 0 Å². The zero-order valence-corrected chi connectivity index (χ0v) is 8.11. The fourth-order valence-electron chi connectivity index (χ4n) is 1.48. The Labute approximate surface area is 75.6 Å². The van der Waals surface area contributed by atoms with Gasteiger partial charge in [0, 0.05) is 11.1 Å². The number of hydrogen-bond acceptors (Lipinski definition) is 2. The molecule has 2 nitrogen and oxygen atoms in total. The van der Waals surface area contributed by atoms with E-state index in [9.17, 15) is 0 Å². The number of anilines is 1. The number of nitrogens with zero attached hydrogens (tertiary/aromatic N) is 1. The van der Waals surface area contributed by atoms with E-state index in [1.54, 1.807) is 11.3 Å². The molecule has 0 amide bonds. The van der Waals surface area contributed by atoms with E-state index in [1.807, 2.05) is 0 Å². The van der Waals surface area contributed by atoms with Crippen LogP contribution in [0, 0.1) is 6.92 Å². The molecule has 3 heteroatoms. The fourth-order valence-corrected chi connectivity index (χ4v) is 2.44. The number of nitrogen functional groups attached to an aromatic ring is 1. The lowest BCUT2D eigenvalue weighted by molar-refractivity contribution is 1.10. The highest BCUT2D eigenvalue weighted by molar-refractivity contribution is 7.15. The zero-order chi connectivity index (χ0) is 8.72. The van der Waals surface area contributed by atoms with Crippen LogP contribution in [0.1, 0.15) is 18.2 Å². The van der Waals surface area contributed by atoms with Crippen molar-refractivity contribution in [3.05, 3.63) is 22.7 Å². The predicted molar refractivity (Wildman–Crippen MR) is 53.8 cm³/mol. The summed E-state index contributed by atoms with van der Waals surface area (Å²) in [7, 11) is 0. The molecule has 0 saturated carbocycles. The van der Waals surface area contributed by atoms with Crippen LogP contribution in [0.5, 0.6) is 0 Å². The predicted octanol–water partition coefficient (Wildman–Crippen LogP) is 2.45. The van der Waals surface area contributed by atoms with Gasteiger partial charge < -0.3 is 5.73 Å². The van der Waals surface area contributed by atoms with E-state index in [0.29, 0.717) is 0 Å². The van der Waals surface area contributed by atoms with Crippen molar-refractivity contribution in [2.75, 3.05) is 5.73 Å². The Morgan fingerprint density at radius 1 is 1.58 bits per heavy atom. The highest BCUT2D eigenvalue weighted by Gasteiger charge is 2.07. The molecule has 2 heterocycles. The minimum absolute atomic E-state index is 0.909. The first-order valence-corrected chi connectivity index (χ1v) is 4.96. The van der Waals surface area contributed by atoms with Gasteiger partial charge in [0.2, 0.25) is 0 Å². The van der Waals surface area contributed by atoms with Crippen molar-refractivity contribution in [1.29, 1.82) is 0 Å². The summed E-state index contributed by atoms with van der Waals surface area (Å²) in [6.45, 7) is 4.21. The van der Waals surface area contributed by atoms with Crippen LogP contribution in [0.15, 0.2) is 11.4 Å². The van der Waals surface area contributed by atoms with E-state index in [0.717, 1.165) is 12.2 Å². The van der Waals surface area contributed by atoms with Crippen molar-refractivity contribution in [3.63, 3.8) is 0 Å². The highest BCUT2D eigenvalue weighted by atomic mass is 32.1. The molecule has 0 fully saturated rings. The quantitative estimate of drug-likeness (QED) is 0.718. The Hall–Kier alpha value is -0.960. The molecule has 2 aromatic rings. The van der Waals surface area contributed by atoms with Crippen LogP contribution >= 0.6 is 11.3 Å². The number of hydrogen-bond donors (Lipinski definition) is 1. The summed E-state index contributed by atoms with van der Waals surface area (Å²) in [6, 6.07) is 2.17. The van der Waals surface area contributed by atoms with E-state index < -0.39 is 0 Å². The highest BCUT2D eigenvalue weighted by Crippen LogP contribution is 2.25. The zero-order valence-electron chi connectivity index (χ0n) is 7.29. The van der Waals surface area contributed by atoms with Gasteiger partial charge in [0.25, 0.3) is 0 Å². The maximum atomic E-state index is 5.96. The third-order valence-electron chi connectivity index (χ3n) is 2.17. The molecule has 0 spiro atoms. The lowest BCUT2D eigenvalue weighted by Crippen LogP contribution is -1.95. The van der Waals surface area contributed by atoms with Crippen LogP contribution in [0.4, 0.5) is 5.82 Å².